The van der Waals surface area contributed by atoms with E-state index in [1.165, 1.54) is 0 Å². The lowest BCUT2D eigenvalue weighted by molar-refractivity contribution is -0.201. The average molecular weight is 376 g/mol. The Morgan fingerprint density at radius 3 is 2.74 bits per heavy atom. The summed E-state index contributed by atoms with van der Waals surface area (Å²) in [6.45, 7) is 2.07. The van der Waals surface area contributed by atoms with E-state index < -0.39 is 35.1 Å². The Morgan fingerprint density at radius 2 is 2.00 bits per heavy atom. The zero-order valence-electron chi connectivity index (χ0n) is 15.2. The molecule has 2 aliphatic carbocycles. The summed E-state index contributed by atoms with van der Waals surface area (Å²) in [6, 6.07) is 1.79. The van der Waals surface area contributed by atoms with Crippen molar-refractivity contribution in [1.29, 1.82) is 0 Å². The first-order valence-corrected chi connectivity index (χ1v) is 9.65. The van der Waals surface area contributed by atoms with Crippen LogP contribution in [-0.2, 0) is 19.1 Å². The molecule has 0 radical (unpaired) electrons. The first kappa shape index (κ1) is 17.3. The number of furan rings is 1. The second-order valence-corrected chi connectivity index (χ2v) is 8.80. The zero-order chi connectivity index (χ0) is 19.0. The van der Waals surface area contributed by atoms with Gasteiger partial charge in [0.25, 0.3) is 0 Å². The van der Waals surface area contributed by atoms with E-state index in [1.54, 1.807) is 18.6 Å². The zero-order valence-corrected chi connectivity index (χ0v) is 15.2. The highest BCUT2D eigenvalue weighted by atomic mass is 16.6. The maximum atomic E-state index is 13.3. The van der Waals surface area contributed by atoms with Gasteiger partial charge in [-0.05, 0) is 37.2 Å². The SMILES string of the molecule is C[C@@H]1C[C@@H](O)[C@@]23COC(=O)[C@@H]2C[C@@H](O)C[C@@H]3[C@@]12C[C@H](c1ccoc1)OC2=O. The Kier molecular flexibility index (Phi) is 3.56. The van der Waals surface area contributed by atoms with Crippen molar-refractivity contribution in [2.45, 2.75) is 50.9 Å². The van der Waals surface area contributed by atoms with E-state index in [0.717, 1.165) is 5.56 Å². The number of aliphatic hydroxyl groups is 2. The highest BCUT2D eigenvalue weighted by Crippen LogP contribution is 2.68. The molecule has 2 saturated heterocycles. The van der Waals surface area contributed by atoms with E-state index in [4.69, 9.17) is 13.9 Å². The van der Waals surface area contributed by atoms with E-state index in [0.29, 0.717) is 19.3 Å². The molecule has 8 atom stereocenters. The monoisotopic (exact) mass is 376 g/mol. The number of hydrogen-bond donors (Lipinski definition) is 2. The van der Waals surface area contributed by atoms with E-state index in [1.807, 2.05) is 6.92 Å². The Labute approximate surface area is 156 Å². The van der Waals surface area contributed by atoms with E-state index in [2.05, 4.69) is 0 Å². The van der Waals surface area contributed by atoms with Crippen LogP contribution in [-0.4, -0.2) is 41.0 Å². The maximum absolute atomic E-state index is 13.3. The third kappa shape index (κ3) is 2.04. The third-order valence-electron chi connectivity index (χ3n) is 7.83. The minimum atomic E-state index is -0.852. The van der Waals surface area contributed by atoms with Crippen molar-refractivity contribution in [3.63, 3.8) is 0 Å². The number of rotatable bonds is 1. The summed E-state index contributed by atoms with van der Waals surface area (Å²) in [5, 5.41) is 21.5. The van der Waals surface area contributed by atoms with Crippen LogP contribution in [0.5, 0.6) is 0 Å². The molecule has 7 nitrogen and oxygen atoms in total. The van der Waals surface area contributed by atoms with Crippen LogP contribution in [0.3, 0.4) is 0 Å². The Morgan fingerprint density at radius 1 is 1.19 bits per heavy atom. The van der Waals surface area contributed by atoms with Crippen molar-refractivity contribution in [2.75, 3.05) is 6.61 Å². The Hall–Kier alpha value is -1.86. The molecule has 5 rings (SSSR count). The van der Waals surface area contributed by atoms with Gasteiger partial charge in [-0.1, -0.05) is 6.92 Å². The van der Waals surface area contributed by atoms with Gasteiger partial charge in [-0.2, -0.15) is 0 Å². The average Bonchev–Trinajstić information content (AvgIpc) is 3.33. The van der Waals surface area contributed by atoms with Gasteiger partial charge in [0.15, 0.2) is 0 Å². The summed E-state index contributed by atoms with van der Waals surface area (Å²) >= 11 is 0. The van der Waals surface area contributed by atoms with Crippen LogP contribution < -0.4 is 0 Å². The molecule has 2 saturated carbocycles. The van der Waals surface area contributed by atoms with Crippen LogP contribution in [0.4, 0.5) is 0 Å². The van der Waals surface area contributed by atoms with Gasteiger partial charge < -0.3 is 24.1 Å². The lowest BCUT2D eigenvalue weighted by atomic mass is 9.43. The normalized spacial score (nSPS) is 48.9. The Bertz CT molecular complexity index is 773. The summed E-state index contributed by atoms with van der Waals surface area (Å²) in [5.41, 5.74) is -0.874. The van der Waals surface area contributed by atoms with Crippen molar-refractivity contribution >= 4 is 11.9 Å². The lowest BCUT2D eigenvalue weighted by Crippen LogP contribution is -2.64. The molecule has 4 fully saturated rings. The van der Waals surface area contributed by atoms with Gasteiger partial charge in [0.1, 0.15) is 12.7 Å². The molecule has 0 bridgehead atoms. The fourth-order valence-corrected chi connectivity index (χ4v) is 6.50. The third-order valence-corrected chi connectivity index (χ3v) is 7.83. The minimum Gasteiger partial charge on any atom is -0.472 e. The van der Waals surface area contributed by atoms with Crippen LogP contribution >= 0.6 is 0 Å². The largest absolute Gasteiger partial charge is 0.472 e. The molecular formula is C20H24O7. The molecular weight excluding hydrogens is 352 g/mol. The Balaban J connectivity index is 1.62. The predicted molar refractivity (Wildman–Crippen MR) is 90.0 cm³/mol. The minimum absolute atomic E-state index is 0.104. The van der Waals surface area contributed by atoms with Gasteiger partial charge in [0, 0.05) is 17.4 Å². The molecule has 1 aromatic heterocycles. The van der Waals surface area contributed by atoms with Gasteiger partial charge in [0.05, 0.1) is 36.1 Å². The number of ether oxygens (including phenoxy) is 2. The molecule has 0 unspecified atom stereocenters. The van der Waals surface area contributed by atoms with Crippen LogP contribution in [0.15, 0.2) is 23.0 Å². The highest BCUT2D eigenvalue weighted by molar-refractivity contribution is 5.82. The predicted octanol–water partition coefficient (Wildman–Crippen LogP) is 1.58. The number of hydrogen-bond acceptors (Lipinski definition) is 7. The molecule has 2 spiro atoms. The summed E-state index contributed by atoms with van der Waals surface area (Å²) in [7, 11) is 0. The van der Waals surface area contributed by atoms with Crippen LogP contribution in [0.1, 0.15) is 44.3 Å². The second kappa shape index (κ2) is 5.58. The fourth-order valence-electron chi connectivity index (χ4n) is 6.50. The van der Waals surface area contributed by atoms with Crippen LogP contribution in [0.25, 0.3) is 0 Å². The number of carbonyl (C=O) groups is 2. The topological polar surface area (TPSA) is 106 Å². The number of carbonyl (C=O) groups excluding carboxylic acids is 2. The lowest BCUT2D eigenvalue weighted by Gasteiger charge is -2.58. The molecule has 3 heterocycles. The van der Waals surface area contributed by atoms with Crippen molar-refractivity contribution < 1.29 is 33.7 Å². The molecule has 27 heavy (non-hydrogen) atoms. The van der Waals surface area contributed by atoms with Gasteiger partial charge >= 0.3 is 11.9 Å². The summed E-state index contributed by atoms with van der Waals surface area (Å²) in [4.78, 5) is 25.7. The van der Waals surface area contributed by atoms with E-state index >= 15 is 0 Å². The van der Waals surface area contributed by atoms with Gasteiger partial charge in [-0.3, -0.25) is 9.59 Å². The molecule has 0 amide bonds. The van der Waals surface area contributed by atoms with Crippen molar-refractivity contribution in [3.8, 4) is 0 Å². The number of aliphatic hydroxyl groups excluding tert-OH is 2. The first-order chi connectivity index (χ1) is 12.9. The molecule has 7 heteroatoms. The summed E-state index contributed by atoms with van der Waals surface area (Å²) in [6.07, 6.45) is 2.78. The quantitative estimate of drug-likeness (QED) is 0.717. The second-order valence-electron chi connectivity index (χ2n) is 8.80. The smallest absolute Gasteiger partial charge is 0.313 e. The van der Waals surface area contributed by atoms with E-state index in [9.17, 15) is 19.8 Å². The van der Waals surface area contributed by atoms with E-state index in [-0.39, 0.29) is 36.8 Å². The molecule has 0 aromatic carbocycles. The molecule has 1 aromatic rings. The van der Waals surface area contributed by atoms with Crippen LogP contribution in [0, 0.1) is 28.6 Å². The highest BCUT2D eigenvalue weighted by Gasteiger charge is 2.73. The number of esters is 2. The van der Waals surface area contributed by atoms with Crippen molar-refractivity contribution in [2.24, 2.45) is 28.6 Å². The fraction of sp³-hybridized carbons (Fsp3) is 0.700. The molecule has 2 N–H and O–H groups in total. The van der Waals surface area contributed by atoms with Crippen molar-refractivity contribution in [1.82, 2.24) is 0 Å². The summed E-state index contributed by atoms with van der Waals surface area (Å²) in [5.74, 6) is -1.75. The molecule has 2 aliphatic heterocycles. The number of cyclic esters (lactones) is 2. The van der Waals surface area contributed by atoms with Crippen LogP contribution in [0.2, 0.25) is 0 Å². The molecule has 4 aliphatic rings. The van der Waals surface area contributed by atoms with Gasteiger partial charge in [-0.25, -0.2) is 0 Å². The van der Waals surface area contributed by atoms with Crippen molar-refractivity contribution in [3.05, 3.63) is 24.2 Å². The maximum Gasteiger partial charge on any atom is 0.313 e. The van der Waals surface area contributed by atoms with Gasteiger partial charge in [0.2, 0.25) is 0 Å². The first-order valence-electron chi connectivity index (χ1n) is 9.65. The standard InChI is InChI=1S/C20H24O7/c1-10-4-16(22)20-9-26-17(23)13(20)5-12(21)6-15(20)19(10)7-14(27-18(19)24)11-2-3-25-8-11/h2-3,8,10,12-16,21-22H,4-7,9H2,1H3/t10-,12-,13+,14-,15-,16-,19-,20+/m1/s1. The molecule has 146 valence electrons. The number of fused-ring (bicyclic) bond motifs is 1. The van der Waals surface area contributed by atoms with Gasteiger partial charge in [-0.15, -0.1) is 0 Å². The summed E-state index contributed by atoms with van der Waals surface area (Å²) < 4.78 is 16.3.